The molecule has 0 radical (unpaired) electrons. The average Bonchev–Trinajstić information content (AvgIpc) is 2.77. The van der Waals surface area contributed by atoms with Crippen LogP contribution in [0.3, 0.4) is 0 Å². The van der Waals surface area contributed by atoms with Crippen LogP contribution in [0.1, 0.15) is 20.3 Å². The third-order valence-electron chi connectivity index (χ3n) is 3.27. The summed E-state index contributed by atoms with van der Waals surface area (Å²) in [7, 11) is -3.19. The first-order valence-corrected chi connectivity index (χ1v) is 9.19. The normalized spacial score (nSPS) is 23.3. The minimum atomic E-state index is -3.19. The van der Waals surface area contributed by atoms with Crippen molar-refractivity contribution in [3.8, 4) is 0 Å². The van der Waals surface area contributed by atoms with Crippen LogP contribution in [0.2, 0.25) is 0 Å². The number of nitrogens with one attached hydrogen (secondary N) is 2. The zero-order valence-corrected chi connectivity index (χ0v) is 12.9. The molecule has 1 aromatic rings. The first kappa shape index (κ1) is 14.5. The number of hydrogen-bond donors (Lipinski definition) is 2. The van der Waals surface area contributed by atoms with Crippen molar-refractivity contribution < 1.29 is 8.42 Å². The second-order valence-electron chi connectivity index (χ2n) is 4.70. The summed E-state index contributed by atoms with van der Waals surface area (Å²) in [6.07, 6.45) is 1.18. The van der Waals surface area contributed by atoms with Gasteiger partial charge in [0, 0.05) is 22.7 Å². The van der Waals surface area contributed by atoms with Gasteiger partial charge in [-0.25, -0.2) is 8.42 Å². The van der Waals surface area contributed by atoms with Crippen molar-refractivity contribution in [2.75, 3.05) is 21.5 Å². The van der Waals surface area contributed by atoms with Crippen LogP contribution < -0.4 is 10.0 Å². The molecule has 0 aromatic heterocycles. The number of sulfonamides is 1. The largest absolute Gasteiger partial charge is 0.381 e. The van der Waals surface area contributed by atoms with Crippen LogP contribution in [0, 0.1) is 0 Å². The molecule has 19 heavy (non-hydrogen) atoms. The number of thioether (sulfide) groups is 1. The highest BCUT2D eigenvalue weighted by Gasteiger charge is 2.23. The SMILES string of the molecule is CCS(=O)(=O)Nc1ccc(NC2CCSC2C)cc1. The zero-order chi connectivity index (χ0) is 13.9. The molecule has 4 nitrogen and oxygen atoms in total. The molecule has 1 aromatic carbocycles. The maximum atomic E-state index is 11.4. The van der Waals surface area contributed by atoms with Crippen LogP contribution in [0.25, 0.3) is 0 Å². The highest BCUT2D eigenvalue weighted by molar-refractivity contribution is 8.00. The van der Waals surface area contributed by atoms with Crippen LogP contribution >= 0.6 is 11.8 Å². The molecule has 1 heterocycles. The highest BCUT2D eigenvalue weighted by atomic mass is 32.2. The van der Waals surface area contributed by atoms with Gasteiger partial charge in [0.1, 0.15) is 0 Å². The molecule has 2 N–H and O–H groups in total. The van der Waals surface area contributed by atoms with Gasteiger partial charge in [-0.2, -0.15) is 11.8 Å². The maximum absolute atomic E-state index is 11.4. The molecule has 1 aliphatic rings. The van der Waals surface area contributed by atoms with E-state index in [1.165, 1.54) is 12.2 Å². The lowest BCUT2D eigenvalue weighted by molar-refractivity contribution is 0.602. The number of hydrogen-bond acceptors (Lipinski definition) is 4. The topological polar surface area (TPSA) is 58.2 Å². The second kappa shape index (κ2) is 6.05. The van der Waals surface area contributed by atoms with E-state index in [1.807, 2.05) is 23.9 Å². The molecule has 0 bridgehead atoms. The summed E-state index contributed by atoms with van der Waals surface area (Å²) < 4.78 is 25.4. The van der Waals surface area contributed by atoms with E-state index in [9.17, 15) is 8.42 Å². The maximum Gasteiger partial charge on any atom is 0.232 e. The van der Waals surface area contributed by atoms with E-state index in [0.29, 0.717) is 17.0 Å². The number of benzene rings is 1. The lowest BCUT2D eigenvalue weighted by atomic mass is 10.1. The molecule has 0 amide bonds. The van der Waals surface area contributed by atoms with E-state index in [2.05, 4.69) is 17.0 Å². The molecule has 1 aliphatic heterocycles. The lowest BCUT2D eigenvalue weighted by Crippen LogP contribution is -2.24. The van der Waals surface area contributed by atoms with Gasteiger partial charge in [-0.1, -0.05) is 6.92 Å². The van der Waals surface area contributed by atoms with Crippen LogP contribution in [-0.2, 0) is 10.0 Å². The number of anilines is 2. The van der Waals surface area contributed by atoms with Gasteiger partial charge in [0.05, 0.1) is 5.75 Å². The molecule has 2 unspecified atom stereocenters. The quantitative estimate of drug-likeness (QED) is 0.878. The van der Waals surface area contributed by atoms with Crippen LogP contribution in [0.15, 0.2) is 24.3 Å². The summed E-state index contributed by atoms with van der Waals surface area (Å²) in [5, 5.41) is 4.12. The molecule has 2 rings (SSSR count). The van der Waals surface area contributed by atoms with Gasteiger partial charge in [0.25, 0.3) is 0 Å². The first-order chi connectivity index (χ1) is 9.00. The average molecular weight is 300 g/mol. The predicted octanol–water partition coefficient (Wildman–Crippen LogP) is 2.75. The summed E-state index contributed by atoms with van der Waals surface area (Å²) in [5.41, 5.74) is 1.65. The molecule has 0 spiro atoms. The van der Waals surface area contributed by atoms with E-state index >= 15 is 0 Å². The lowest BCUT2D eigenvalue weighted by Gasteiger charge is -2.18. The third-order valence-corrected chi connectivity index (χ3v) is 5.90. The molecule has 1 fully saturated rings. The molecule has 2 atom stereocenters. The Labute approximate surface area is 119 Å². The highest BCUT2D eigenvalue weighted by Crippen LogP contribution is 2.29. The Morgan fingerprint density at radius 3 is 2.42 bits per heavy atom. The monoisotopic (exact) mass is 300 g/mol. The van der Waals surface area contributed by atoms with Gasteiger partial charge in [-0.3, -0.25) is 4.72 Å². The fraction of sp³-hybridized carbons (Fsp3) is 0.538. The Balaban J connectivity index is 1.98. The van der Waals surface area contributed by atoms with Crippen molar-refractivity contribution in [1.29, 1.82) is 0 Å². The van der Waals surface area contributed by atoms with E-state index in [1.54, 1.807) is 19.1 Å². The van der Waals surface area contributed by atoms with Crippen LogP contribution in [0.4, 0.5) is 11.4 Å². The van der Waals surface area contributed by atoms with Gasteiger partial charge < -0.3 is 5.32 Å². The standard InChI is InChI=1S/C13H20N2O2S2/c1-3-19(16,17)15-12-6-4-11(5-7-12)14-13-8-9-18-10(13)2/h4-7,10,13-15H,3,8-9H2,1-2H3. The van der Waals surface area contributed by atoms with E-state index in [-0.39, 0.29) is 5.75 Å². The van der Waals surface area contributed by atoms with Crippen LogP contribution in [0.5, 0.6) is 0 Å². The Morgan fingerprint density at radius 2 is 1.89 bits per heavy atom. The summed E-state index contributed by atoms with van der Waals surface area (Å²) in [6, 6.07) is 7.93. The van der Waals surface area contributed by atoms with Crippen molar-refractivity contribution in [3.63, 3.8) is 0 Å². The summed E-state index contributed by atoms with van der Waals surface area (Å²) in [5.74, 6) is 1.29. The Bertz CT molecular complexity index is 514. The Hall–Kier alpha value is -0.880. The smallest absolute Gasteiger partial charge is 0.232 e. The molecule has 6 heteroatoms. The van der Waals surface area contributed by atoms with Crippen molar-refractivity contribution in [3.05, 3.63) is 24.3 Å². The summed E-state index contributed by atoms with van der Waals surface area (Å²) in [6.45, 7) is 3.86. The third kappa shape index (κ3) is 4.04. The van der Waals surface area contributed by atoms with Crippen molar-refractivity contribution >= 4 is 33.2 Å². The van der Waals surface area contributed by atoms with Crippen molar-refractivity contribution in [2.24, 2.45) is 0 Å². The Kier molecular flexibility index (Phi) is 4.62. The predicted molar refractivity (Wildman–Crippen MR) is 83.5 cm³/mol. The molecule has 0 aliphatic carbocycles. The van der Waals surface area contributed by atoms with Gasteiger partial charge in [-0.05, 0) is 43.4 Å². The molecule has 0 saturated carbocycles. The van der Waals surface area contributed by atoms with Gasteiger partial charge in [0.15, 0.2) is 0 Å². The second-order valence-corrected chi connectivity index (χ2v) is 8.19. The fourth-order valence-corrected chi connectivity index (χ4v) is 3.86. The molecule has 1 saturated heterocycles. The van der Waals surface area contributed by atoms with Crippen molar-refractivity contribution in [2.45, 2.75) is 31.6 Å². The summed E-state index contributed by atoms with van der Waals surface area (Å²) >= 11 is 1.98. The first-order valence-electron chi connectivity index (χ1n) is 6.49. The van der Waals surface area contributed by atoms with E-state index < -0.39 is 10.0 Å². The minimum absolute atomic E-state index is 0.0871. The van der Waals surface area contributed by atoms with Crippen LogP contribution in [-0.4, -0.2) is 31.2 Å². The molecular formula is C13H20N2O2S2. The Morgan fingerprint density at radius 1 is 1.26 bits per heavy atom. The van der Waals surface area contributed by atoms with Gasteiger partial charge in [-0.15, -0.1) is 0 Å². The van der Waals surface area contributed by atoms with Crippen molar-refractivity contribution in [1.82, 2.24) is 0 Å². The molecule has 106 valence electrons. The van der Waals surface area contributed by atoms with Gasteiger partial charge >= 0.3 is 0 Å². The summed E-state index contributed by atoms with van der Waals surface area (Å²) in [4.78, 5) is 0. The minimum Gasteiger partial charge on any atom is -0.381 e. The van der Waals surface area contributed by atoms with E-state index in [4.69, 9.17) is 0 Å². The van der Waals surface area contributed by atoms with Gasteiger partial charge in [0.2, 0.25) is 10.0 Å². The molecular weight excluding hydrogens is 280 g/mol. The number of rotatable bonds is 5. The zero-order valence-electron chi connectivity index (χ0n) is 11.2. The fourth-order valence-electron chi connectivity index (χ4n) is 2.02. The van der Waals surface area contributed by atoms with E-state index in [0.717, 1.165) is 5.69 Å².